The Morgan fingerprint density at radius 1 is 1.11 bits per heavy atom. The van der Waals surface area contributed by atoms with Crippen molar-refractivity contribution in [1.82, 2.24) is 4.90 Å². The highest BCUT2D eigenvalue weighted by Gasteiger charge is 2.53. The number of carbonyl (C=O) groups excluding carboxylic acids is 1. The Hall–Kier alpha value is -2.82. The third-order valence-corrected chi connectivity index (χ3v) is 6.30. The summed E-state index contributed by atoms with van der Waals surface area (Å²) in [7, 11) is 0. The summed E-state index contributed by atoms with van der Waals surface area (Å²) < 4.78 is 5.70. The Bertz CT molecular complexity index is 877. The SMILES string of the molecule is CC(C)[C@]1(C(=O)O)CCCN1C(=O)OCC1c2ccccc2-c2ccccc21. The standard InChI is InChI=1S/C23H25NO4/c1-15(2)23(21(25)26)12-7-13-24(23)22(27)28-14-20-18-10-5-3-8-16(18)17-9-4-6-11-19(17)20/h3-6,8-11,15,20H,7,12-14H2,1-2H3,(H,25,26)/t23-/m0/s1. The zero-order valence-electron chi connectivity index (χ0n) is 16.2. The molecule has 1 N–H and O–H groups in total. The number of amides is 1. The van der Waals surface area contributed by atoms with Gasteiger partial charge in [0, 0.05) is 12.5 Å². The van der Waals surface area contributed by atoms with Crippen molar-refractivity contribution in [2.24, 2.45) is 5.92 Å². The van der Waals surface area contributed by atoms with Crippen molar-refractivity contribution >= 4 is 12.1 Å². The van der Waals surface area contributed by atoms with Crippen molar-refractivity contribution < 1.29 is 19.4 Å². The molecule has 0 unspecified atom stereocenters. The van der Waals surface area contributed by atoms with Gasteiger partial charge in [-0.25, -0.2) is 9.59 Å². The van der Waals surface area contributed by atoms with Gasteiger partial charge in [0.25, 0.3) is 0 Å². The van der Waals surface area contributed by atoms with Crippen LogP contribution in [0.15, 0.2) is 48.5 Å². The molecule has 2 aromatic carbocycles. The fraction of sp³-hybridized carbons (Fsp3) is 0.391. The monoisotopic (exact) mass is 379 g/mol. The second-order valence-electron chi connectivity index (χ2n) is 7.94. The number of carbonyl (C=O) groups is 2. The van der Waals surface area contributed by atoms with E-state index in [0.717, 1.165) is 11.1 Å². The molecule has 0 spiro atoms. The summed E-state index contributed by atoms with van der Waals surface area (Å²) in [5.74, 6) is -1.17. The number of nitrogens with zero attached hydrogens (tertiary/aromatic N) is 1. The summed E-state index contributed by atoms with van der Waals surface area (Å²) in [6, 6.07) is 16.3. The molecule has 0 bridgehead atoms. The van der Waals surface area contributed by atoms with Gasteiger partial charge in [-0.3, -0.25) is 4.90 Å². The number of aliphatic carboxylic acids is 1. The molecule has 2 aliphatic rings. The molecule has 0 aromatic heterocycles. The molecule has 146 valence electrons. The van der Waals surface area contributed by atoms with E-state index in [-0.39, 0.29) is 18.4 Å². The van der Waals surface area contributed by atoms with Crippen molar-refractivity contribution in [3.63, 3.8) is 0 Å². The summed E-state index contributed by atoms with van der Waals surface area (Å²) in [6.07, 6.45) is 0.606. The molecule has 0 saturated carbocycles. The second-order valence-corrected chi connectivity index (χ2v) is 7.94. The third-order valence-electron chi connectivity index (χ3n) is 6.30. The van der Waals surface area contributed by atoms with Gasteiger partial charge in [0.05, 0.1) is 0 Å². The summed E-state index contributed by atoms with van der Waals surface area (Å²) in [5.41, 5.74) is 3.45. The Labute approximate surface area is 164 Å². The van der Waals surface area contributed by atoms with E-state index in [9.17, 15) is 14.7 Å². The van der Waals surface area contributed by atoms with Gasteiger partial charge >= 0.3 is 12.1 Å². The molecule has 2 aromatic rings. The lowest BCUT2D eigenvalue weighted by Gasteiger charge is -2.37. The molecule has 1 amide bonds. The Morgan fingerprint density at radius 2 is 1.68 bits per heavy atom. The van der Waals surface area contributed by atoms with E-state index >= 15 is 0 Å². The van der Waals surface area contributed by atoms with E-state index in [2.05, 4.69) is 24.3 Å². The zero-order valence-corrected chi connectivity index (χ0v) is 16.2. The largest absolute Gasteiger partial charge is 0.479 e. The van der Waals surface area contributed by atoms with Crippen molar-refractivity contribution in [3.05, 3.63) is 59.7 Å². The lowest BCUT2D eigenvalue weighted by atomic mass is 9.84. The molecule has 5 nitrogen and oxygen atoms in total. The molecule has 28 heavy (non-hydrogen) atoms. The van der Waals surface area contributed by atoms with Gasteiger partial charge in [0.2, 0.25) is 0 Å². The van der Waals surface area contributed by atoms with Crippen LogP contribution < -0.4 is 0 Å². The van der Waals surface area contributed by atoms with Crippen LogP contribution in [0.4, 0.5) is 4.79 Å². The maximum atomic E-state index is 12.9. The van der Waals surface area contributed by atoms with Gasteiger partial charge in [-0.1, -0.05) is 62.4 Å². The average Bonchev–Trinajstić information content (AvgIpc) is 3.27. The van der Waals surface area contributed by atoms with Crippen LogP contribution >= 0.6 is 0 Å². The molecule has 1 aliphatic heterocycles. The summed E-state index contributed by atoms with van der Waals surface area (Å²) >= 11 is 0. The minimum absolute atomic E-state index is 0.0303. The quantitative estimate of drug-likeness (QED) is 0.849. The Kier molecular flexibility index (Phi) is 4.61. The molecular weight excluding hydrogens is 354 g/mol. The second kappa shape index (κ2) is 6.97. The van der Waals surface area contributed by atoms with Gasteiger partial charge in [-0.05, 0) is 41.0 Å². The molecule has 1 atom stereocenters. The van der Waals surface area contributed by atoms with Gasteiger partial charge in [0.1, 0.15) is 12.1 Å². The number of hydrogen-bond acceptors (Lipinski definition) is 3. The third kappa shape index (κ3) is 2.68. The van der Waals surface area contributed by atoms with Crippen molar-refractivity contribution in [1.29, 1.82) is 0 Å². The number of rotatable bonds is 4. The minimum atomic E-state index is -1.18. The summed E-state index contributed by atoms with van der Waals surface area (Å²) in [4.78, 5) is 26.3. The topological polar surface area (TPSA) is 66.8 Å². The molecule has 1 heterocycles. The van der Waals surface area contributed by atoms with Gasteiger partial charge in [0.15, 0.2) is 0 Å². The van der Waals surface area contributed by atoms with Crippen LogP contribution in [-0.4, -0.2) is 40.8 Å². The highest BCUT2D eigenvalue weighted by molar-refractivity contribution is 5.85. The van der Waals surface area contributed by atoms with E-state index < -0.39 is 17.6 Å². The maximum absolute atomic E-state index is 12.9. The fourth-order valence-electron chi connectivity index (χ4n) is 4.84. The minimum Gasteiger partial charge on any atom is -0.479 e. The predicted octanol–water partition coefficient (Wildman–Crippen LogP) is 4.51. The van der Waals surface area contributed by atoms with Crippen molar-refractivity contribution in [3.8, 4) is 11.1 Å². The van der Waals surface area contributed by atoms with E-state index in [4.69, 9.17) is 4.74 Å². The van der Waals surface area contributed by atoms with Crippen LogP contribution in [0.1, 0.15) is 43.7 Å². The predicted molar refractivity (Wildman–Crippen MR) is 106 cm³/mol. The van der Waals surface area contributed by atoms with Crippen LogP contribution in [0.25, 0.3) is 11.1 Å². The van der Waals surface area contributed by atoms with E-state index in [0.29, 0.717) is 19.4 Å². The normalized spacial score (nSPS) is 20.9. The summed E-state index contributed by atoms with van der Waals surface area (Å²) in [6.45, 7) is 4.32. The van der Waals surface area contributed by atoms with Gasteiger partial charge < -0.3 is 9.84 Å². The van der Waals surface area contributed by atoms with Gasteiger partial charge in [-0.2, -0.15) is 0 Å². The number of hydrogen-bond donors (Lipinski definition) is 1. The van der Waals surface area contributed by atoms with Crippen LogP contribution in [0.5, 0.6) is 0 Å². The van der Waals surface area contributed by atoms with E-state index in [1.165, 1.54) is 16.0 Å². The zero-order chi connectivity index (χ0) is 19.9. The first-order chi connectivity index (χ1) is 13.5. The highest BCUT2D eigenvalue weighted by atomic mass is 16.6. The van der Waals surface area contributed by atoms with Crippen molar-refractivity contribution in [2.75, 3.05) is 13.2 Å². The molecule has 1 saturated heterocycles. The first kappa shape index (κ1) is 18.5. The lowest BCUT2D eigenvalue weighted by molar-refractivity contribution is -0.151. The number of likely N-dealkylation sites (tertiary alicyclic amines) is 1. The highest BCUT2D eigenvalue weighted by Crippen LogP contribution is 2.45. The van der Waals surface area contributed by atoms with Gasteiger partial charge in [-0.15, -0.1) is 0 Å². The van der Waals surface area contributed by atoms with E-state index in [1.54, 1.807) is 0 Å². The molecular formula is C23H25NO4. The van der Waals surface area contributed by atoms with Crippen LogP contribution in [-0.2, 0) is 9.53 Å². The molecule has 1 aliphatic carbocycles. The molecule has 4 rings (SSSR count). The average molecular weight is 379 g/mol. The lowest BCUT2D eigenvalue weighted by Crippen LogP contribution is -2.56. The first-order valence-electron chi connectivity index (χ1n) is 9.83. The van der Waals surface area contributed by atoms with E-state index in [1.807, 2.05) is 38.1 Å². The van der Waals surface area contributed by atoms with Crippen LogP contribution in [0.2, 0.25) is 0 Å². The summed E-state index contributed by atoms with van der Waals surface area (Å²) in [5, 5.41) is 9.84. The number of ether oxygens (including phenoxy) is 1. The first-order valence-corrected chi connectivity index (χ1v) is 9.83. The molecule has 0 radical (unpaired) electrons. The number of benzene rings is 2. The number of carboxylic acids is 1. The van der Waals surface area contributed by atoms with Crippen molar-refractivity contribution in [2.45, 2.75) is 38.1 Å². The molecule has 1 fully saturated rings. The van der Waals surface area contributed by atoms with Crippen LogP contribution in [0.3, 0.4) is 0 Å². The van der Waals surface area contributed by atoms with Crippen LogP contribution in [0, 0.1) is 5.92 Å². The molecule has 5 heteroatoms. The Morgan fingerprint density at radius 3 is 2.21 bits per heavy atom. The smallest absolute Gasteiger partial charge is 0.410 e. The maximum Gasteiger partial charge on any atom is 0.410 e. The number of fused-ring (bicyclic) bond motifs is 3. The Balaban J connectivity index is 1.57. The fourth-order valence-corrected chi connectivity index (χ4v) is 4.84. The number of carboxylic acid groups (broad SMARTS) is 1.